The fourth-order valence-corrected chi connectivity index (χ4v) is 3.65. The SMILES string of the molecule is CCNC(CSc1nc2ccc(OCC)cc2[nH]1)C1CC1. The van der Waals surface area contributed by atoms with E-state index >= 15 is 0 Å². The number of thioether (sulfide) groups is 1. The second-order valence-corrected chi connectivity index (χ2v) is 6.48. The van der Waals surface area contributed by atoms with Crippen LogP contribution in [0.25, 0.3) is 11.0 Å². The highest BCUT2D eigenvalue weighted by molar-refractivity contribution is 7.99. The molecule has 5 heteroatoms. The number of hydrogen-bond acceptors (Lipinski definition) is 4. The van der Waals surface area contributed by atoms with E-state index in [-0.39, 0.29) is 0 Å². The van der Waals surface area contributed by atoms with E-state index in [1.165, 1.54) is 12.8 Å². The molecule has 1 aliphatic carbocycles. The van der Waals surface area contributed by atoms with Gasteiger partial charge in [0.1, 0.15) is 5.75 Å². The minimum atomic E-state index is 0.618. The third-order valence-corrected chi connectivity index (χ3v) is 4.79. The van der Waals surface area contributed by atoms with Crippen LogP contribution in [0, 0.1) is 5.92 Å². The predicted molar refractivity (Wildman–Crippen MR) is 88.2 cm³/mol. The third kappa shape index (κ3) is 3.71. The molecule has 1 fully saturated rings. The molecular formula is C16H23N3OS. The first-order valence-electron chi connectivity index (χ1n) is 7.79. The number of nitrogens with one attached hydrogen (secondary N) is 2. The Morgan fingerprint density at radius 3 is 3.00 bits per heavy atom. The van der Waals surface area contributed by atoms with Gasteiger partial charge in [0.25, 0.3) is 0 Å². The van der Waals surface area contributed by atoms with E-state index in [4.69, 9.17) is 4.74 Å². The van der Waals surface area contributed by atoms with E-state index in [0.717, 1.165) is 40.2 Å². The quantitative estimate of drug-likeness (QED) is 0.734. The molecular weight excluding hydrogens is 282 g/mol. The number of fused-ring (bicyclic) bond motifs is 1. The normalized spacial score (nSPS) is 16.3. The van der Waals surface area contributed by atoms with Crippen LogP contribution in [-0.2, 0) is 0 Å². The van der Waals surface area contributed by atoms with Crippen LogP contribution >= 0.6 is 11.8 Å². The smallest absolute Gasteiger partial charge is 0.166 e. The molecule has 1 aliphatic rings. The van der Waals surface area contributed by atoms with Gasteiger partial charge in [-0.3, -0.25) is 0 Å². The van der Waals surface area contributed by atoms with Crippen molar-refractivity contribution in [3.63, 3.8) is 0 Å². The lowest BCUT2D eigenvalue weighted by Gasteiger charge is -2.15. The Hall–Kier alpha value is -1.20. The standard InChI is InChI=1S/C16H23N3OS/c1-3-17-15(11-5-6-11)10-21-16-18-13-8-7-12(20-4-2)9-14(13)19-16/h7-9,11,15,17H,3-6,10H2,1-2H3,(H,18,19). The lowest BCUT2D eigenvalue weighted by Crippen LogP contribution is -2.33. The van der Waals surface area contributed by atoms with Gasteiger partial charge in [0.15, 0.2) is 5.16 Å². The molecule has 0 bridgehead atoms. The van der Waals surface area contributed by atoms with Crippen LogP contribution in [0.2, 0.25) is 0 Å². The van der Waals surface area contributed by atoms with Crippen LogP contribution < -0.4 is 10.1 Å². The largest absolute Gasteiger partial charge is 0.494 e. The number of rotatable bonds is 8. The zero-order valence-electron chi connectivity index (χ0n) is 12.7. The number of imidazole rings is 1. The maximum atomic E-state index is 5.53. The number of benzene rings is 1. The summed E-state index contributed by atoms with van der Waals surface area (Å²) < 4.78 is 5.53. The molecule has 1 aromatic carbocycles. The first-order valence-corrected chi connectivity index (χ1v) is 8.77. The summed E-state index contributed by atoms with van der Waals surface area (Å²) in [6.45, 7) is 5.90. The summed E-state index contributed by atoms with van der Waals surface area (Å²) in [6, 6.07) is 6.64. The summed E-state index contributed by atoms with van der Waals surface area (Å²) in [5.74, 6) is 2.84. The average molecular weight is 305 g/mol. The maximum absolute atomic E-state index is 5.53. The Morgan fingerprint density at radius 1 is 1.43 bits per heavy atom. The zero-order chi connectivity index (χ0) is 14.7. The molecule has 0 spiro atoms. The van der Waals surface area contributed by atoms with E-state index < -0.39 is 0 Å². The molecule has 114 valence electrons. The van der Waals surface area contributed by atoms with Gasteiger partial charge in [-0.05, 0) is 44.4 Å². The first kappa shape index (κ1) is 14.7. The molecule has 1 saturated carbocycles. The molecule has 1 heterocycles. The molecule has 0 aliphatic heterocycles. The number of hydrogen-bond donors (Lipinski definition) is 2. The van der Waals surface area contributed by atoms with Crippen LogP contribution in [-0.4, -0.2) is 34.9 Å². The van der Waals surface area contributed by atoms with Crippen LogP contribution in [0.1, 0.15) is 26.7 Å². The van der Waals surface area contributed by atoms with Crippen molar-refractivity contribution in [2.24, 2.45) is 5.92 Å². The Kier molecular flexibility index (Phi) is 4.70. The van der Waals surface area contributed by atoms with E-state index in [0.29, 0.717) is 12.6 Å². The van der Waals surface area contributed by atoms with Gasteiger partial charge in [0.05, 0.1) is 17.6 Å². The summed E-state index contributed by atoms with van der Waals surface area (Å²) in [6.07, 6.45) is 2.74. The minimum Gasteiger partial charge on any atom is -0.494 e. The van der Waals surface area contributed by atoms with Gasteiger partial charge in [0, 0.05) is 17.9 Å². The number of ether oxygens (including phenoxy) is 1. The summed E-state index contributed by atoms with van der Waals surface area (Å²) in [4.78, 5) is 8.05. The topological polar surface area (TPSA) is 49.9 Å². The Morgan fingerprint density at radius 2 is 2.29 bits per heavy atom. The first-order chi connectivity index (χ1) is 10.3. The van der Waals surface area contributed by atoms with E-state index in [2.05, 4.69) is 22.2 Å². The van der Waals surface area contributed by atoms with E-state index in [1.807, 2.05) is 36.9 Å². The van der Waals surface area contributed by atoms with Crippen LogP contribution in [0.15, 0.2) is 23.4 Å². The molecule has 1 atom stereocenters. The van der Waals surface area contributed by atoms with Crippen molar-refractivity contribution in [2.75, 3.05) is 18.9 Å². The average Bonchev–Trinajstić information content (AvgIpc) is 3.24. The van der Waals surface area contributed by atoms with Crippen molar-refractivity contribution >= 4 is 22.8 Å². The third-order valence-electron chi connectivity index (χ3n) is 3.80. The lowest BCUT2D eigenvalue weighted by atomic mass is 10.2. The lowest BCUT2D eigenvalue weighted by molar-refractivity contribution is 0.340. The highest BCUT2D eigenvalue weighted by Crippen LogP contribution is 2.35. The molecule has 2 aromatic rings. The molecule has 2 N–H and O–H groups in total. The fraction of sp³-hybridized carbons (Fsp3) is 0.562. The maximum Gasteiger partial charge on any atom is 0.166 e. The van der Waals surface area contributed by atoms with E-state index in [9.17, 15) is 0 Å². The molecule has 0 radical (unpaired) electrons. The van der Waals surface area contributed by atoms with Crippen molar-refractivity contribution < 1.29 is 4.74 Å². The molecule has 21 heavy (non-hydrogen) atoms. The van der Waals surface area contributed by atoms with Crippen molar-refractivity contribution in [3.05, 3.63) is 18.2 Å². The highest BCUT2D eigenvalue weighted by atomic mass is 32.2. The number of aromatic nitrogens is 2. The predicted octanol–water partition coefficient (Wildman–Crippen LogP) is 3.44. The minimum absolute atomic E-state index is 0.618. The monoisotopic (exact) mass is 305 g/mol. The highest BCUT2D eigenvalue weighted by Gasteiger charge is 2.30. The molecule has 4 nitrogen and oxygen atoms in total. The Balaban J connectivity index is 1.66. The van der Waals surface area contributed by atoms with Gasteiger partial charge >= 0.3 is 0 Å². The van der Waals surface area contributed by atoms with Gasteiger partial charge in [-0.25, -0.2) is 4.98 Å². The number of aromatic amines is 1. The van der Waals surface area contributed by atoms with Gasteiger partial charge in [-0.1, -0.05) is 18.7 Å². The second-order valence-electron chi connectivity index (χ2n) is 5.47. The summed E-state index contributed by atoms with van der Waals surface area (Å²) in [5, 5.41) is 4.59. The van der Waals surface area contributed by atoms with Gasteiger partial charge in [0.2, 0.25) is 0 Å². The molecule has 1 unspecified atom stereocenters. The van der Waals surface area contributed by atoms with E-state index in [1.54, 1.807) is 0 Å². The van der Waals surface area contributed by atoms with Crippen LogP contribution in [0.4, 0.5) is 0 Å². The molecule has 0 saturated heterocycles. The van der Waals surface area contributed by atoms with Crippen molar-refractivity contribution in [1.82, 2.24) is 15.3 Å². The van der Waals surface area contributed by atoms with Crippen molar-refractivity contribution in [1.29, 1.82) is 0 Å². The Labute approximate surface area is 130 Å². The van der Waals surface area contributed by atoms with Crippen LogP contribution in [0.3, 0.4) is 0 Å². The van der Waals surface area contributed by atoms with Crippen LogP contribution in [0.5, 0.6) is 5.75 Å². The van der Waals surface area contributed by atoms with Gasteiger partial charge in [-0.15, -0.1) is 0 Å². The second kappa shape index (κ2) is 6.71. The summed E-state index contributed by atoms with van der Waals surface area (Å²) in [5.41, 5.74) is 2.06. The molecule has 0 amide bonds. The molecule has 1 aromatic heterocycles. The van der Waals surface area contributed by atoms with Crippen molar-refractivity contribution in [2.45, 2.75) is 37.9 Å². The van der Waals surface area contributed by atoms with Gasteiger partial charge in [-0.2, -0.15) is 0 Å². The number of H-pyrrole nitrogens is 1. The van der Waals surface area contributed by atoms with Crippen molar-refractivity contribution in [3.8, 4) is 5.75 Å². The fourth-order valence-electron chi connectivity index (χ4n) is 2.58. The Bertz CT molecular complexity index is 594. The molecule has 3 rings (SSSR count). The summed E-state index contributed by atoms with van der Waals surface area (Å²) >= 11 is 1.81. The number of nitrogens with zero attached hydrogens (tertiary/aromatic N) is 1. The summed E-state index contributed by atoms with van der Waals surface area (Å²) in [7, 11) is 0. The van der Waals surface area contributed by atoms with Gasteiger partial charge < -0.3 is 15.0 Å². The zero-order valence-corrected chi connectivity index (χ0v) is 13.5.